The number of halogens is 5. The molecule has 0 spiro atoms. The molecule has 0 bridgehead atoms. The summed E-state index contributed by atoms with van der Waals surface area (Å²) in [5, 5.41) is 2.47. The molecule has 2 N–H and O–H groups in total. The van der Waals surface area contributed by atoms with Crippen LogP contribution in [0.25, 0.3) is 0 Å². The minimum Gasteiger partial charge on any atom is -0.325 e. The van der Waals surface area contributed by atoms with Crippen LogP contribution in [0.4, 0.5) is 29.2 Å². The molecular weight excluding hydrogens is 346 g/mol. The van der Waals surface area contributed by atoms with E-state index in [-0.39, 0.29) is 10.2 Å². The SMILES string of the molecule is O=c1cc(C(F)(F)F)nc(Nc2ccc(F)cc2Br)[nH]1. The third-order valence-corrected chi connectivity index (χ3v) is 2.87. The zero-order valence-electron chi connectivity index (χ0n) is 9.55. The van der Waals surface area contributed by atoms with Crippen LogP contribution in [0.5, 0.6) is 0 Å². The van der Waals surface area contributed by atoms with E-state index in [1.54, 1.807) is 0 Å². The first kappa shape index (κ1) is 14.5. The Kier molecular flexibility index (Phi) is 3.80. The molecule has 0 radical (unpaired) electrons. The highest BCUT2D eigenvalue weighted by Crippen LogP contribution is 2.28. The number of hydrogen-bond acceptors (Lipinski definition) is 3. The van der Waals surface area contributed by atoms with E-state index in [1.165, 1.54) is 6.07 Å². The summed E-state index contributed by atoms with van der Waals surface area (Å²) >= 11 is 3.04. The van der Waals surface area contributed by atoms with Crippen LogP contribution in [0, 0.1) is 5.82 Å². The molecule has 9 heteroatoms. The van der Waals surface area contributed by atoms with Crippen molar-refractivity contribution >= 4 is 27.6 Å². The number of aromatic amines is 1. The molecular formula is C11H6BrF4N3O. The molecule has 20 heavy (non-hydrogen) atoms. The maximum Gasteiger partial charge on any atom is 0.433 e. The second-order valence-corrected chi connectivity index (χ2v) is 4.58. The minimum atomic E-state index is -4.73. The molecule has 0 aliphatic rings. The van der Waals surface area contributed by atoms with Crippen molar-refractivity contribution in [2.75, 3.05) is 5.32 Å². The molecule has 1 aromatic carbocycles. The van der Waals surface area contributed by atoms with E-state index in [4.69, 9.17) is 0 Å². The third kappa shape index (κ3) is 3.35. The number of aromatic nitrogens is 2. The molecule has 4 nitrogen and oxygen atoms in total. The Morgan fingerprint density at radius 1 is 1.25 bits per heavy atom. The van der Waals surface area contributed by atoms with Crippen LogP contribution in [0.2, 0.25) is 0 Å². The average molecular weight is 352 g/mol. The lowest BCUT2D eigenvalue weighted by Gasteiger charge is -2.10. The topological polar surface area (TPSA) is 57.8 Å². The minimum absolute atomic E-state index is 0.258. The highest BCUT2D eigenvalue weighted by molar-refractivity contribution is 9.10. The predicted molar refractivity (Wildman–Crippen MR) is 67.2 cm³/mol. The molecule has 2 rings (SSSR count). The van der Waals surface area contributed by atoms with Gasteiger partial charge in [-0.25, -0.2) is 9.37 Å². The van der Waals surface area contributed by atoms with Gasteiger partial charge >= 0.3 is 6.18 Å². The number of nitrogens with one attached hydrogen (secondary N) is 2. The fraction of sp³-hybridized carbons (Fsp3) is 0.0909. The van der Waals surface area contributed by atoms with Crippen LogP contribution in [0.3, 0.4) is 0 Å². The van der Waals surface area contributed by atoms with E-state index < -0.39 is 29.2 Å². The first-order valence-corrected chi connectivity index (χ1v) is 5.95. The van der Waals surface area contributed by atoms with Gasteiger partial charge in [-0.15, -0.1) is 0 Å². The van der Waals surface area contributed by atoms with Crippen molar-refractivity contribution in [3.8, 4) is 0 Å². The summed E-state index contributed by atoms with van der Waals surface area (Å²) in [6.45, 7) is 0. The van der Waals surface area contributed by atoms with Gasteiger partial charge in [-0.1, -0.05) is 0 Å². The van der Waals surface area contributed by atoms with E-state index in [0.717, 1.165) is 12.1 Å². The van der Waals surface area contributed by atoms with E-state index in [1.807, 2.05) is 0 Å². The molecule has 0 aliphatic carbocycles. The summed E-state index contributed by atoms with van der Waals surface area (Å²) < 4.78 is 50.7. The Bertz CT molecular complexity index is 699. The van der Waals surface area contributed by atoms with Gasteiger partial charge in [0, 0.05) is 10.5 Å². The van der Waals surface area contributed by atoms with Crippen molar-refractivity contribution in [2.24, 2.45) is 0 Å². The van der Waals surface area contributed by atoms with Crippen LogP contribution in [0.15, 0.2) is 33.5 Å². The smallest absolute Gasteiger partial charge is 0.325 e. The molecule has 0 amide bonds. The lowest BCUT2D eigenvalue weighted by Crippen LogP contribution is -2.17. The molecule has 0 fully saturated rings. The molecule has 0 saturated carbocycles. The summed E-state index contributed by atoms with van der Waals surface area (Å²) in [6.07, 6.45) is -4.73. The first-order valence-electron chi connectivity index (χ1n) is 5.16. The number of anilines is 2. The molecule has 106 valence electrons. The van der Waals surface area contributed by atoms with Gasteiger partial charge in [0.2, 0.25) is 5.95 Å². The molecule has 2 aromatic rings. The monoisotopic (exact) mass is 351 g/mol. The van der Waals surface area contributed by atoms with E-state index >= 15 is 0 Å². The van der Waals surface area contributed by atoms with Crippen molar-refractivity contribution in [1.82, 2.24) is 9.97 Å². The molecule has 0 unspecified atom stereocenters. The van der Waals surface area contributed by atoms with Crippen molar-refractivity contribution in [1.29, 1.82) is 0 Å². The number of benzene rings is 1. The van der Waals surface area contributed by atoms with Crippen LogP contribution in [0.1, 0.15) is 5.69 Å². The third-order valence-electron chi connectivity index (χ3n) is 2.22. The Morgan fingerprint density at radius 2 is 1.95 bits per heavy atom. The molecule has 1 heterocycles. The zero-order chi connectivity index (χ0) is 14.9. The number of H-pyrrole nitrogens is 1. The molecule has 0 atom stereocenters. The number of rotatable bonds is 2. The summed E-state index contributed by atoms with van der Waals surface area (Å²) in [7, 11) is 0. The normalized spacial score (nSPS) is 11.4. The molecule has 0 saturated heterocycles. The second-order valence-electron chi connectivity index (χ2n) is 3.73. The van der Waals surface area contributed by atoms with Crippen molar-refractivity contribution in [2.45, 2.75) is 6.18 Å². The quantitative estimate of drug-likeness (QED) is 0.815. The van der Waals surface area contributed by atoms with Crippen LogP contribution >= 0.6 is 15.9 Å². The number of hydrogen-bond donors (Lipinski definition) is 2. The van der Waals surface area contributed by atoms with Crippen molar-refractivity contribution < 1.29 is 17.6 Å². The van der Waals surface area contributed by atoms with E-state index in [2.05, 4.69) is 31.2 Å². The lowest BCUT2D eigenvalue weighted by atomic mass is 10.3. The molecule has 0 aliphatic heterocycles. The predicted octanol–water partition coefficient (Wildman–Crippen LogP) is 3.43. The Hall–Kier alpha value is -1.90. The first-order chi connectivity index (χ1) is 9.25. The van der Waals surface area contributed by atoms with Crippen LogP contribution < -0.4 is 10.9 Å². The summed E-state index contributed by atoms with van der Waals surface area (Å²) in [5.74, 6) is -0.912. The average Bonchev–Trinajstić information content (AvgIpc) is 2.31. The van der Waals surface area contributed by atoms with E-state index in [9.17, 15) is 22.4 Å². The Balaban J connectivity index is 2.39. The van der Waals surface area contributed by atoms with E-state index in [0.29, 0.717) is 6.07 Å². The maximum absolute atomic E-state index is 12.9. The van der Waals surface area contributed by atoms with Crippen molar-refractivity contribution in [3.05, 3.63) is 50.6 Å². The van der Waals surface area contributed by atoms with Gasteiger partial charge in [0.25, 0.3) is 5.56 Å². The van der Waals surface area contributed by atoms with Gasteiger partial charge in [-0.3, -0.25) is 9.78 Å². The van der Waals surface area contributed by atoms with Gasteiger partial charge in [-0.2, -0.15) is 13.2 Å². The zero-order valence-corrected chi connectivity index (χ0v) is 11.1. The van der Waals surface area contributed by atoms with Gasteiger partial charge < -0.3 is 5.32 Å². The fourth-order valence-corrected chi connectivity index (χ4v) is 1.83. The fourth-order valence-electron chi connectivity index (χ4n) is 1.38. The Labute approximate surface area is 118 Å². The van der Waals surface area contributed by atoms with Crippen molar-refractivity contribution in [3.63, 3.8) is 0 Å². The lowest BCUT2D eigenvalue weighted by molar-refractivity contribution is -0.141. The van der Waals surface area contributed by atoms with Gasteiger partial charge in [0.05, 0.1) is 5.69 Å². The Morgan fingerprint density at radius 3 is 2.55 bits per heavy atom. The largest absolute Gasteiger partial charge is 0.433 e. The van der Waals surface area contributed by atoms with Gasteiger partial charge in [-0.05, 0) is 34.1 Å². The summed E-state index contributed by atoms with van der Waals surface area (Å²) in [6, 6.07) is 3.87. The number of alkyl halides is 3. The second kappa shape index (κ2) is 5.23. The highest BCUT2D eigenvalue weighted by atomic mass is 79.9. The number of nitrogens with zero attached hydrogens (tertiary/aromatic N) is 1. The van der Waals surface area contributed by atoms with Gasteiger partial charge in [0.1, 0.15) is 5.82 Å². The summed E-state index contributed by atoms with van der Waals surface area (Å²) in [4.78, 5) is 16.6. The standard InChI is InChI=1S/C11H6BrF4N3O/c12-6-3-5(13)1-2-7(6)17-10-18-8(11(14,15)16)4-9(20)19-10/h1-4H,(H2,17,18,19,20). The van der Waals surface area contributed by atoms with Gasteiger partial charge in [0.15, 0.2) is 5.69 Å². The maximum atomic E-state index is 12.9. The summed E-state index contributed by atoms with van der Waals surface area (Å²) in [5.41, 5.74) is -2.01. The van der Waals surface area contributed by atoms with Crippen LogP contribution in [-0.2, 0) is 6.18 Å². The van der Waals surface area contributed by atoms with Crippen LogP contribution in [-0.4, -0.2) is 9.97 Å². The highest BCUT2D eigenvalue weighted by Gasteiger charge is 2.33. The molecule has 1 aromatic heterocycles.